The lowest BCUT2D eigenvalue weighted by Crippen LogP contribution is -2.36. The number of hydrogen-bond donors (Lipinski definition) is 1. The van der Waals surface area contributed by atoms with Gasteiger partial charge in [0.15, 0.2) is 17.2 Å². The van der Waals surface area contributed by atoms with Crippen LogP contribution in [0.25, 0.3) is 0 Å². The number of hydrogen-bond acceptors (Lipinski definition) is 4. The molecule has 0 bridgehead atoms. The lowest BCUT2D eigenvalue weighted by molar-refractivity contribution is 0.0727. The van der Waals surface area contributed by atoms with Gasteiger partial charge in [-0.15, -0.1) is 0 Å². The van der Waals surface area contributed by atoms with Crippen LogP contribution >= 0.6 is 15.9 Å². The zero-order chi connectivity index (χ0) is 18.1. The number of benzene rings is 1. The van der Waals surface area contributed by atoms with E-state index in [1.165, 1.54) is 5.56 Å². The minimum absolute atomic E-state index is 0.0736. The molecule has 25 heavy (non-hydrogen) atoms. The van der Waals surface area contributed by atoms with E-state index in [9.17, 15) is 4.79 Å². The Bertz CT molecular complexity index is 801. The summed E-state index contributed by atoms with van der Waals surface area (Å²) in [5, 5.41) is 7.19. The van der Waals surface area contributed by atoms with Crippen molar-refractivity contribution in [1.29, 1.82) is 0 Å². The van der Waals surface area contributed by atoms with Crippen LogP contribution in [0, 0.1) is 0 Å². The largest absolute Gasteiger partial charge is 0.493 e. The third-order valence-corrected chi connectivity index (χ3v) is 5.32. The average molecular weight is 408 g/mol. The summed E-state index contributed by atoms with van der Waals surface area (Å²) in [4.78, 5) is 14.7. The summed E-state index contributed by atoms with van der Waals surface area (Å²) in [5.41, 5.74) is 3.64. The second kappa shape index (κ2) is 7.07. The van der Waals surface area contributed by atoms with Gasteiger partial charge in [-0.1, -0.05) is 13.8 Å². The third kappa shape index (κ3) is 3.25. The van der Waals surface area contributed by atoms with Gasteiger partial charge in [0.05, 0.1) is 24.4 Å². The van der Waals surface area contributed by atoms with E-state index < -0.39 is 0 Å². The zero-order valence-electron chi connectivity index (χ0n) is 14.9. The Hall–Kier alpha value is -2.02. The fourth-order valence-electron chi connectivity index (χ4n) is 3.07. The molecule has 0 saturated carbocycles. The minimum Gasteiger partial charge on any atom is -0.493 e. The van der Waals surface area contributed by atoms with Crippen LogP contribution < -0.4 is 9.47 Å². The second-order valence-electron chi connectivity index (χ2n) is 6.41. The molecule has 1 aromatic carbocycles. The number of amides is 1. The number of nitrogens with one attached hydrogen (secondary N) is 1. The molecule has 0 saturated heterocycles. The number of ether oxygens (including phenoxy) is 2. The predicted octanol–water partition coefficient (Wildman–Crippen LogP) is 3.51. The summed E-state index contributed by atoms with van der Waals surface area (Å²) in [6.45, 7) is 5.30. The highest BCUT2D eigenvalue weighted by atomic mass is 79.9. The molecule has 0 spiro atoms. The van der Waals surface area contributed by atoms with Gasteiger partial charge in [0.1, 0.15) is 0 Å². The molecule has 7 heteroatoms. The monoisotopic (exact) mass is 407 g/mol. The average Bonchev–Trinajstić information content (AvgIpc) is 3.00. The maximum Gasteiger partial charge on any atom is 0.275 e. The Morgan fingerprint density at radius 2 is 1.88 bits per heavy atom. The molecule has 0 unspecified atom stereocenters. The fourth-order valence-corrected chi connectivity index (χ4v) is 3.88. The van der Waals surface area contributed by atoms with Crippen LogP contribution in [0.3, 0.4) is 0 Å². The first kappa shape index (κ1) is 17.8. The van der Waals surface area contributed by atoms with Crippen molar-refractivity contribution < 1.29 is 14.3 Å². The van der Waals surface area contributed by atoms with E-state index in [1.807, 2.05) is 17.0 Å². The molecule has 134 valence electrons. The van der Waals surface area contributed by atoms with E-state index in [-0.39, 0.29) is 11.8 Å². The Morgan fingerprint density at radius 1 is 1.24 bits per heavy atom. The fraction of sp³-hybridized carbons (Fsp3) is 0.444. The number of rotatable bonds is 4. The molecular formula is C18H22BrN3O3. The first-order valence-corrected chi connectivity index (χ1v) is 9.02. The van der Waals surface area contributed by atoms with E-state index in [0.717, 1.165) is 27.9 Å². The summed E-state index contributed by atoms with van der Waals surface area (Å²) < 4.78 is 11.5. The molecule has 2 aromatic rings. The first-order chi connectivity index (χ1) is 12.0. The standard InChI is InChI=1S/C18H22BrN3O3/c1-10(2)16-15(19)17(21-20-16)18(23)22-6-5-11-7-13(24-3)14(25-4)8-12(11)9-22/h7-8,10H,5-6,9H2,1-4H3,(H,20,21). The topological polar surface area (TPSA) is 67.5 Å². The molecule has 3 rings (SSSR count). The van der Waals surface area contributed by atoms with Gasteiger partial charge in [0.2, 0.25) is 0 Å². The molecular weight excluding hydrogens is 386 g/mol. The number of H-pyrrole nitrogens is 1. The van der Waals surface area contributed by atoms with Crippen LogP contribution in [0.1, 0.15) is 47.1 Å². The van der Waals surface area contributed by atoms with E-state index >= 15 is 0 Å². The molecule has 1 N–H and O–H groups in total. The second-order valence-corrected chi connectivity index (χ2v) is 7.20. The Morgan fingerprint density at radius 3 is 2.44 bits per heavy atom. The van der Waals surface area contributed by atoms with Crippen molar-refractivity contribution in [3.05, 3.63) is 39.1 Å². The van der Waals surface area contributed by atoms with Crippen LogP contribution in [-0.4, -0.2) is 41.8 Å². The lowest BCUT2D eigenvalue weighted by atomic mass is 9.98. The third-order valence-electron chi connectivity index (χ3n) is 4.52. The molecule has 0 radical (unpaired) electrons. The number of aromatic nitrogens is 2. The molecule has 6 nitrogen and oxygen atoms in total. The number of aromatic amines is 1. The lowest BCUT2D eigenvalue weighted by Gasteiger charge is -2.29. The summed E-state index contributed by atoms with van der Waals surface area (Å²) >= 11 is 3.51. The number of carbonyl (C=O) groups excluding carboxylic acids is 1. The van der Waals surface area contributed by atoms with E-state index in [4.69, 9.17) is 9.47 Å². The number of halogens is 1. The number of nitrogens with zero attached hydrogens (tertiary/aromatic N) is 2. The van der Waals surface area contributed by atoms with E-state index in [0.29, 0.717) is 24.5 Å². The Balaban J connectivity index is 1.86. The Kier molecular flexibility index (Phi) is 5.03. The van der Waals surface area contributed by atoms with Crippen LogP contribution in [-0.2, 0) is 13.0 Å². The van der Waals surface area contributed by atoms with Crippen molar-refractivity contribution in [2.24, 2.45) is 0 Å². The highest BCUT2D eigenvalue weighted by molar-refractivity contribution is 9.10. The maximum atomic E-state index is 12.9. The molecule has 0 aliphatic carbocycles. The van der Waals surface area contributed by atoms with Crippen molar-refractivity contribution in [1.82, 2.24) is 15.1 Å². The normalized spacial score (nSPS) is 13.8. The highest BCUT2D eigenvalue weighted by Gasteiger charge is 2.27. The van der Waals surface area contributed by atoms with Gasteiger partial charge in [-0.25, -0.2) is 0 Å². The molecule has 1 aliphatic heterocycles. The van der Waals surface area contributed by atoms with Gasteiger partial charge in [0, 0.05) is 13.1 Å². The van der Waals surface area contributed by atoms with Crippen molar-refractivity contribution in [2.75, 3.05) is 20.8 Å². The molecule has 1 aromatic heterocycles. The number of fused-ring (bicyclic) bond motifs is 1. The smallest absolute Gasteiger partial charge is 0.275 e. The summed E-state index contributed by atoms with van der Waals surface area (Å²) in [6.07, 6.45) is 0.778. The molecule has 1 aliphatic rings. The summed E-state index contributed by atoms with van der Waals surface area (Å²) in [6, 6.07) is 3.95. The van der Waals surface area contributed by atoms with Gasteiger partial charge in [-0.05, 0) is 51.5 Å². The van der Waals surface area contributed by atoms with Gasteiger partial charge >= 0.3 is 0 Å². The minimum atomic E-state index is -0.0736. The Labute approximate surface area is 155 Å². The zero-order valence-corrected chi connectivity index (χ0v) is 16.4. The number of methoxy groups -OCH3 is 2. The maximum absolute atomic E-state index is 12.9. The summed E-state index contributed by atoms with van der Waals surface area (Å²) in [5.74, 6) is 1.59. The van der Waals surface area contributed by atoms with Crippen LogP contribution in [0.5, 0.6) is 11.5 Å². The van der Waals surface area contributed by atoms with Gasteiger partial charge in [0.25, 0.3) is 5.91 Å². The number of carbonyl (C=O) groups is 1. The molecule has 2 heterocycles. The van der Waals surface area contributed by atoms with Crippen LogP contribution in [0.15, 0.2) is 16.6 Å². The van der Waals surface area contributed by atoms with Gasteiger partial charge in [-0.2, -0.15) is 5.10 Å². The van der Waals surface area contributed by atoms with E-state index in [2.05, 4.69) is 40.0 Å². The molecule has 1 amide bonds. The first-order valence-electron chi connectivity index (χ1n) is 8.23. The van der Waals surface area contributed by atoms with Gasteiger partial charge < -0.3 is 14.4 Å². The van der Waals surface area contributed by atoms with Crippen LogP contribution in [0.4, 0.5) is 0 Å². The summed E-state index contributed by atoms with van der Waals surface area (Å²) in [7, 11) is 3.24. The van der Waals surface area contributed by atoms with Crippen molar-refractivity contribution in [2.45, 2.75) is 32.7 Å². The highest BCUT2D eigenvalue weighted by Crippen LogP contribution is 2.34. The predicted molar refractivity (Wildman–Crippen MR) is 98.4 cm³/mol. The quantitative estimate of drug-likeness (QED) is 0.841. The van der Waals surface area contributed by atoms with Crippen LogP contribution in [0.2, 0.25) is 0 Å². The van der Waals surface area contributed by atoms with Crippen molar-refractivity contribution >= 4 is 21.8 Å². The SMILES string of the molecule is COc1cc2c(cc1OC)CN(C(=O)c1n[nH]c(C(C)C)c1Br)CC2. The molecule has 0 fully saturated rings. The van der Waals surface area contributed by atoms with Gasteiger partial charge in [-0.3, -0.25) is 9.89 Å². The van der Waals surface area contributed by atoms with Crippen molar-refractivity contribution in [3.8, 4) is 11.5 Å². The molecule has 0 atom stereocenters. The van der Waals surface area contributed by atoms with E-state index in [1.54, 1.807) is 14.2 Å². The van der Waals surface area contributed by atoms with Crippen molar-refractivity contribution in [3.63, 3.8) is 0 Å².